The zero-order chi connectivity index (χ0) is 14.3. The summed E-state index contributed by atoms with van der Waals surface area (Å²) in [7, 11) is 1.25. The van der Waals surface area contributed by atoms with Gasteiger partial charge >= 0.3 is 11.9 Å². The molecule has 0 spiro atoms. The molecule has 0 saturated heterocycles. The summed E-state index contributed by atoms with van der Waals surface area (Å²) < 4.78 is 4.45. The zero-order valence-corrected chi connectivity index (χ0v) is 11.2. The van der Waals surface area contributed by atoms with E-state index in [2.05, 4.69) is 10.1 Å². The molecular weight excluding hydrogens is 250 g/mol. The van der Waals surface area contributed by atoms with E-state index in [9.17, 15) is 14.4 Å². The fraction of sp³-hybridized carbons (Fsp3) is 0.769. The number of amides is 1. The highest BCUT2D eigenvalue weighted by molar-refractivity contribution is 5.84. The van der Waals surface area contributed by atoms with Crippen molar-refractivity contribution >= 4 is 17.8 Å². The van der Waals surface area contributed by atoms with E-state index in [1.165, 1.54) is 7.11 Å². The van der Waals surface area contributed by atoms with E-state index in [0.29, 0.717) is 12.3 Å². The van der Waals surface area contributed by atoms with Crippen LogP contribution in [0.5, 0.6) is 0 Å². The Kier molecular flexibility index (Phi) is 6.32. The standard InChI is InChI=1S/C13H21NO5/c1-19-12(16)7-6-10(13(17)18)14-11(15)8-9-4-2-3-5-9/h9-10H,2-8H2,1H3,(H,14,15)(H,17,18)/t10-/m1/s1. The quantitative estimate of drug-likeness (QED) is 0.676. The largest absolute Gasteiger partial charge is 0.480 e. The van der Waals surface area contributed by atoms with E-state index in [-0.39, 0.29) is 18.7 Å². The Balaban J connectivity index is 2.36. The summed E-state index contributed by atoms with van der Waals surface area (Å²) in [5.74, 6) is -1.47. The number of nitrogens with one attached hydrogen (secondary N) is 1. The minimum atomic E-state index is -1.12. The van der Waals surface area contributed by atoms with E-state index in [0.717, 1.165) is 25.7 Å². The third-order valence-corrected chi connectivity index (χ3v) is 3.45. The van der Waals surface area contributed by atoms with Gasteiger partial charge in [0.15, 0.2) is 0 Å². The maximum Gasteiger partial charge on any atom is 0.326 e. The summed E-state index contributed by atoms with van der Waals surface area (Å²) in [5, 5.41) is 11.5. The Morgan fingerprint density at radius 2 is 1.95 bits per heavy atom. The van der Waals surface area contributed by atoms with Crippen LogP contribution in [0.4, 0.5) is 0 Å². The summed E-state index contributed by atoms with van der Waals surface area (Å²) >= 11 is 0. The molecule has 19 heavy (non-hydrogen) atoms. The molecule has 1 saturated carbocycles. The van der Waals surface area contributed by atoms with Crippen LogP contribution in [0.2, 0.25) is 0 Å². The number of hydrogen-bond acceptors (Lipinski definition) is 4. The SMILES string of the molecule is COC(=O)CC[C@@H](NC(=O)CC1CCCC1)C(=O)O. The summed E-state index contributed by atoms with van der Waals surface area (Å²) in [5.41, 5.74) is 0. The first kappa shape index (κ1) is 15.5. The molecule has 1 aliphatic rings. The highest BCUT2D eigenvalue weighted by atomic mass is 16.5. The molecule has 0 aliphatic heterocycles. The highest BCUT2D eigenvalue weighted by Gasteiger charge is 2.24. The molecule has 0 aromatic rings. The third-order valence-electron chi connectivity index (χ3n) is 3.45. The molecule has 1 fully saturated rings. The molecule has 1 amide bonds. The van der Waals surface area contributed by atoms with Crippen LogP contribution in [0.25, 0.3) is 0 Å². The second-order valence-corrected chi connectivity index (χ2v) is 4.93. The van der Waals surface area contributed by atoms with Crippen LogP contribution >= 0.6 is 0 Å². The van der Waals surface area contributed by atoms with Crippen LogP contribution in [0.1, 0.15) is 44.9 Å². The second-order valence-electron chi connectivity index (χ2n) is 4.93. The number of carboxylic acid groups (broad SMARTS) is 1. The van der Waals surface area contributed by atoms with Crippen molar-refractivity contribution in [3.8, 4) is 0 Å². The van der Waals surface area contributed by atoms with Gasteiger partial charge in [0, 0.05) is 12.8 Å². The van der Waals surface area contributed by atoms with Crippen LogP contribution in [0.15, 0.2) is 0 Å². The van der Waals surface area contributed by atoms with Gasteiger partial charge in [-0.05, 0) is 25.2 Å². The lowest BCUT2D eigenvalue weighted by molar-refractivity contribution is -0.144. The van der Waals surface area contributed by atoms with Crippen LogP contribution in [0, 0.1) is 5.92 Å². The van der Waals surface area contributed by atoms with Gasteiger partial charge < -0.3 is 15.2 Å². The fourth-order valence-electron chi connectivity index (χ4n) is 2.35. The van der Waals surface area contributed by atoms with Crippen LogP contribution in [0.3, 0.4) is 0 Å². The predicted molar refractivity (Wildman–Crippen MR) is 67.4 cm³/mol. The molecule has 0 aromatic carbocycles. The minimum Gasteiger partial charge on any atom is -0.480 e. The number of hydrogen-bond donors (Lipinski definition) is 2. The van der Waals surface area contributed by atoms with Gasteiger partial charge in [0.05, 0.1) is 7.11 Å². The lowest BCUT2D eigenvalue weighted by atomic mass is 10.0. The van der Waals surface area contributed by atoms with Crippen molar-refractivity contribution in [3.63, 3.8) is 0 Å². The van der Waals surface area contributed by atoms with Gasteiger partial charge in [0.1, 0.15) is 6.04 Å². The molecule has 0 radical (unpaired) electrons. The van der Waals surface area contributed by atoms with E-state index >= 15 is 0 Å². The van der Waals surface area contributed by atoms with E-state index in [4.69, 9.17) is 5.11 Å². The zero-order valence-electron chi connectivity index (χ0n) is 11.2. The molecule has 1 atom stereocenters. The second kappa shape index (κ2) is 7.76. The van der Waals surface area contributed by atoms with Gasteiger partial charge in [-0.3, -0.25) is 9.59 Å². The van der Waals surface area contributed by atoms with E-state index in [1.807, 2.05) is 0 Å². The van der Waals surface area contributed by atoms with Gasteiger partial charge in [-0.25, -0.2) is 4.79 Å². The maximum absolute atomic E-state index is 11.7. The average Bonchev–Trinajstić information content (AvgIpc) is 2.86. The summed E-state index contributed by atoms with van der Waals surface area (Å²) in [4.78, 5) is 33.7. The number of ether oxygens (including phenoxy) is 1. The number of carbonyl (C=O) groups excluding carboxylic acids is 2. The van der Waals surface area contributed by atoms with Crippen LogP contribution < -0.4 is 5.32 Å². The molecule has 0 aromatic heterocycles. The summed E-state index contributed by atoms with van der Waals surface area (Å²) in [6.45, 7) is 0. The first-order chi connectivity index (χ1) is 9.02. The van der Waals surface area contributed by atoms with Crippen LogP contribution in [-0.4, -0.2) is 36.1 Å². The topological polar surface area (TPSA) is 92.7 Å². The normalized spacial score (nSPS) is 16.9. The molecule has 1 aliphatic carbocycles. The van der Waals surface area contributed by atoms with Crippen molar-refractivity contribution in [2.24, 2.45) is 5.92 Å². The number of esters is 1. The van der Waals surface area contributed by atoms with Crippen molar-refractivity contribution in [1.82, 2.24) is 5.32 Å². The lowest BCUT2D eigenvalue weighted by Gasteiger charge is -2.15. The van der Waals surface area contributed by atoms with Gasteiger partial charge in [-0.1, -0.05) is 12.8 Å². The third kappa shape index (κ3) is 5.72. The summed E-state index contributed by atoms with van der Waals surface area (Å²) in [6, 6.07) is -1.02. The smallest absolute Gasteiger partial charge is 0.326 e. The maximum atomic E-state index is 11.7. The van der Waals surface area contributed by atoms with Crippen LogP contribution in [-0.2, 0) is 19.1 Å². The number of rotatable bonds is 7. The lowest BCUT2D eigenvalue weighted by Crippen LogP contribution is -2.41. The molecule has 0 unspecified atom stereocenters. The average molecular weight is 271 g/mol. The van der Waals surface area contributed by atoms with E-state index < -0.39 is 18.0 Å². The first-order valence-electron chi connectivity index (χ1n) is 6.62. The fourth-order valence-corrected chi connectivity index (χ4v) is 2.35. The van der Waals surface area contributed by atoms with Gasteiger partial charge in [0.2, 0.25) is 5.91 Å². The van der Waals surface area contributed by atoms with Crippen molar-refractivity contribution in [3.05, 3.63) is 0 Å². The molecule has 1 rings (SSSR count). The van der Waals surface area contributed by atoms with Gasteiger partial charge in [-0.2, -0.15) is 0 Å². The Bertz CT molecular complexity index is 336. The molecular formula is C13H21NO5. The molecule has 6 heteroatoms. The Morgan fingerprint density at radius 1 is 1.32 bits per heavy atom. The monoisotopic (exact) mass is 271 g/mol. The molecule has 108 valence electrons. The first-order valence-corrected chi connectivity index (χ1v) is 6.62. The van der Waals surface area contributed by atoms with Crippen molar-refractivity contribution in [2.75, 3.05) is 7.11 Å². The van der Waals surface area contributed by atoms with Gasteiger partial charge in [0.25, 0.3) is 0 Å². The molecule has 0 bridgehead atoms. The molecule has 6 nitrogen and oxygen atoms in total. The Hall–Kier alpha value is -1.59. The predicted octanol–water partition coefficient (Wildman–Crippen LogP) is 1.09. The minimum absolute atomic E-state index is 0.0167. The number of methoxy groups -OCH3 is 1. The summed E-state index contributed by atoms with van der Waals surface area (Å²) in [6.07, 6.45) is 4.77. The van der Waals surface area contributed by atoms with Crippen molar-refractivity contribution in [1.29, 1.82) is 0 Å². The Labute approximate surface area is 112 Å². The van der Waals surface area contributed by atoms with Crippen molar-refractivity contribution in [2.45, 2.75) is 51.0 Å². The molecule has 0 heterocycles. The Morgan fingerprint density at radius 3 is 2.47 bits per heavy atom. The highest BCUT2D eigenvalue weighted by Crippen LogP contribution is 2.27. The number of carbonyl (C=O) groups is 3. The van der Waals surface area contributed by atoms with E-state index in [1.54, 1.807) is 0 Å². The van der Waals surface area contributed by atoms with Crippen molar-refractivity contribution < 1.29 is 24.2 Å². The number of aliphatic carboxylic acids is 1. The number of carboxylic acids is 1. The van der Waals surface area contributed by atoms with Gasteiger partial charge in [-0.15, -0.1) is 0 Å². The molecule has 2 N–H and O–H groups in total.